The molecule has 0 bridgehead atoms. The molecule has 0 amide bonds. The van der Waals surface area contributed by atoms with Crippen LogP contribution < -0.4 is 0 Å². The molecule has 0 aromatic carbocycles. The molecule has 1 N–H and O–H groups in total. The second kappa shape index (κ2) is 2.65. The van der Waals surface area contributed by atoms with Crippen molar-refractivity contribution in [1.82, 2.24) is 4.31 Å². The Kier molecular flexibility index (Phi) is 2.19. The molecule has 0 aliphatic carbocycles. The average Bonchev–Trinajstić information content (AvgIpc) is 1.81. The van der Waals surface area contributed by atoms with Crippen LogP contribution in [0, 0.1) is 0 Å². The van der Waals surface area contributed by atoms with Gasteiger partial charge in [0.05, 0.1) is 6.10 Å². The first-order chi connectivity index (χ1) is 4.56. The number of halogens is 1. The van der Waals surface area contributed by atoms with Gasteiger partial charge in [-0.15, -0.1) is 11.6 Å². The van der Waals surface area contributed by atoms with E-state index in [1.807, 2.05) is 0 Å². The normalized spacial score (nSPS) is 22.6. The Morgan fingerprint density at radius 3 is 2.40 bits per heavy atom. The number of aliphatic hydroxyl groups is 1. The SMILES string of the molecule is O=S(=O)(CCl)N1CC(O)C1. The molecule has 1 rings (SSSR count). The number of aliphatic hydroxyl groups excluding tert-OH is 1. The van der Waals surface area contributed by atoms with Crippen LogP contribution in [0.4, 0.5) is 0 Å². The number of alkyl halides is 1. The molecule has 10 heavy (non-hydrogen) atoms. The zero-order chi connectivity index (χ0) is 7.78. The van der Waals surface area contributed by atoms with Crippen LogP contribution in [0.25, 0.3) is 0 Å². The summed E-state index contributed by atoms with van der Waals surface area (Å²) in [6.07, 6.45) is -0.502. The third-order valence-electron chi connectivity index (χ3n) is 1.36. The molecule has 0 spiro atoms. The van der Waals surface area contributed by atoms with Gasteiger partial charge in [-0.25, -0.2) is 8.42 Å². The second-order valence-electron chi connectivity index (χ2n) is 2.19. The molecule has 1 fully saturated rings. The fourth-order valence-corrected chi connectivity index (χ4v) is 2.06. The van der Waals surface area contributed by atoms with Crippen molar-refractivity contribution in [2.45, 2.75) is 6.10 Å². The van der Waals surface area contributed by atoms with Gasteiger partial charge in [-0.1, -0.05) is 0 Å². The van der Waals surface area contributed by atoms with Crippen LogP contribution in [-0.4, -0.2) is 42.2 Å². The van der Waals surface area contributed by atoms with Crippen LogP contribution in [-0.2, 0) is 10.0 Å². The Hall–Kier alpha value is 0.160. The minimum atomic E-state index is -3.26. The highest BCUT2D eigenvalue weighted by atomic mass is 35.5. The van der Waals surface area contributed by atoms with Crippen molar-refractivity contribution >= 4 is 21.6 Å². The molecule has 1 aliphatic heterocycles. The van der Waals surface area contributed by atoms with E-state index in [9.17, 15) is 8.42 Å². The fourth-order valence-electron chi connectivity index (χ4n) is 0.713. The Labute approximate surface area is 64.4 Å². The molecule has 0 saturated carbocycles. The maximum absolute atomic E-state index is 10.8. The molecular formula is C4H8ClNO3S. The second-order valence-corrected chi connectivity index (χ2v) is 4.74. The molecule has 0 atom stereocenters. The third-order valence-corrected chi connectivity index (χ3v) is 3.55. The molecule has 1 saturated heterocycles. The van der Waals surface area contributed by atoms with Crippen LogP contribution in [0.5, 0.6) is 0 Å². The molecule has 6 heteroatoms. The van der Waals surface area contributed by atoms with Crippen LogP contribution in [0.2, 0.25) is 0 Å². The topological polar surface area (TPSA) is 57.6 Å². The van der Waals surface area contributed by atoms with Crippen molar-refractivity contribution in [3.63, 3.8) is 0 Å². The van der Waals surface area contributed by atoms with Gasteiger partial charge in [0, 0.05) is 13.1 Å². The summed E-state index contributed by atoms with van der Waals surface area (Å²) in [5.74, 6) is 0. The number of hydrogen-bond donors (Lipinski definition) is 1. The van der Waals surface area contributed by atoms with Crippen molar-refractivity contribution < 1.29 is 13.5 Å². The maximum atomic E-state index is 10.8. The summed E-state index contributed by atoms with van der Waals surface area (Å²) in [6, 6.07) is 0. The molecule has 0 radical (unpaired) electrons. The lowest BCUT2D eigenvalue weighted by Crippen LogP contribution is -2.53. The molecule has 4 nitrogen and oxygen atoms in total. The molecule has 60 valence electrons. The summed E-state index contributed by atoms with van der Waals surface area (Å²) < 4.78 is 22.8. The number of rotatable bonds is 2. The number of nitrogens with zero attached hydrogens (tertiary/aromatic N) is 1. The molecule has 1 aliphatic rings. The standard InChI is InChI=1S/C4H8ClNO3S/c5-3-10(8,9)6-1-4(7)2-6/h4,7H,1-3H2. The third kappa shape index (κ3) is 1.42. The van der Waals surface area contributed by atoms with Gasteiger partial charge in [-0.05, 0) is 0 Å². The van der Waals surface area contributed by atoms with E-state index in [1.165, 1.54) is 0 Å². The first kappa shape index (κ1) is 8.26. The van der Waals surface area contributed by atoms with E-state index in [2.05, 4.69) is 0 Å². The maximum Gasteiger partial charge on any atom is 0.228 e. The molecule has 0 unspecified atom stereocenters. The molecular weight excluding hydrogens is 178 g/mol. The van der Waals surface area contributed by atoms with Crippen molar-refractivity contribution in [2.24, 2.45) is 0 Å². The van der Waals surface area contributed by atoms with Crippen molar-refractivity contribution in [3.05, 3.63) is 0 Å². The minimum absolute atomic E-state index is 0.190. The molecule has 1 heterocycles. The van der Waals surface area contributed by atoms with E-state index >= 15 is 0 Å². The van der Waals surface area contributed by atoms with Gasteiger partial charge in [0.15, 0.2) is 0 Å². The molecule has 0 aromatic rings. The van der Waals surface area contributed by atoms with E-state index in [4.69, 9.17) is 16.7 Å². The lowest BCUT2D eigenvalue weighted by molar-refractivity contribution is 0.0551. The minimum Gasteiger partial charge on any atom is -0.390 e. The van der Waals surface area contributed by atoms with Gasteiger partial charge in [0.2, 0.25) is 10.0 Å². The van der Waals surface area contributed by atoms with Crippen molar-refractivity contribution in [1.29, 1.82) is 0 Å². The highest BCUT2D eigenvalue weighted by Gasteiger charge is 2.33. The Morgan fingerprint density at radius 1 is 1.60 bits per heavy atom. The zero-order valence-electron chi connectivity index (χ0n) is 5.20. The van der Waals surface area contributed by atoms with Gasteiger partial charge in [-0.2, -0.15) is 4.31 Å². The summed E-state index contributed by atoms with van der Waals surface area (Å²) in [5, 5.41) is 8.32. The quantitative estimate of drug-likeness (QED) is 0.573. The highest BCUT2D eigenvalue weighted by molar-refractivity contribution is 7.90. The Morgan fingerprint density at radius 2 is 2.10 bits per heavy atom. The summed E-state index contributed by atoms with van der Waals surface area (Å²) >= 11 is 5.14. The molecule has 0 aromatic heterocycles. The van der Waals surface area contributed by atoms with Crippen LogP contribution in [0.1, 0.15) is 0 Å². The summed E-state index contributed by atoms with van der Waals surface area (Å²) in [7, 11) is -3.26. The van der Waals surface area contributed by atoms with E-state index < -0.39 is 21.3 Å². The van der Waals surface area contributed by atoms with Crippen molar-refractivity contribution in [2.75, 3.05) is 18.3 Å². The first-order valence-corrected chi connectivity index (χ1v) is 4.92. The van der Waals surface area contributed by atoms with Gasteiger partial charge < -0.3 is 5.11 Å². The van der Waals surface area contributed by atoms with Gasteiger partial charge >= 0.3 is 0 Å². The van der Waals surface area contributed by atoms with E-state index in [0.717, 1.165) is 4.31 Å². The summed E-state index contributed by atoms with van der Waals surface area (Å²) in [5.41, 5.74) is 0. The summed E-state index contributed by atoms with van der Waals surface area (Å²) in [4.78, 5) is 0. The Balaban J connectivity index is 2.53. The van der Waals surface area contributed by atoms with Gasteiger partial charge in [0.1, 0.15) is 5.21 Å². The number of hydrogen-bond acceptors (Lipinski definition) is 3. The highest BCUT2D eigenvalue weighted by Crippen LogP contribution is 2.13. The fraction of sp³-hybridized carbons (Fsp3) is 1.00. The van der Waals surface area contributed by atoms with Gasteiger partial charge in [0.25, 0.3) is 0 Å². The monoisotopic (exact) mass is 185 g/mol. The predicted octanol–water partition coefficient (Wildman–Crippen LogP) is -0.811. The first-order valence-electron chi connectivity index (χ1n) is 2.78. The summed E-state index contributed by atoms with van der Waals surface area (Å²) in [6.45, 7) is 0.379. The zero-order valence-corrected chi connectivity index (χ0v) is 6.77. The smallest absolute Gasteiger partial charge is 0.228 e. The predicted molar refractivity (Wildman–Crippen MR) is 37.2 cm³/mol. The average molecular weight is 186 g/mol. The van der Waals surface area contributed by atoms with E-state index in [-0.39, 0.29) is 13.1 Å². The number of sulfonamides is 1. The largest absolute Gasteiger partial charge is 0.390 e. The van der Waals surface area contributed by atoms with Gasteiger partial charge in [-0.3, -0.25) is 0 Å². The van der Waals surface area contributed by atoms with E-state index in [1.54, 1.807) is 0 Å². The Bertz CT molecular complexity index is 209. The lowest BCUT2D eigenvalue weighted by Gasteiger charge is -2.33. The number of β-amino-alcohol motifs (C(OH)–C–C–N with tert-alkyl or cyclic N) is 1. The van der Waals surface area contributed by atoms with E-state index in [0.29, 0.717) is 0 Å². The lowest BCUT2D eigenvalue weighted by atomic mass is 10.2. The van der Waals surface area contributed by atoms with Crippen LogP contribution in [0.15, 0.2) is 0 Å². The van der Waals surface area contributed by atoms with Crippen LogP contribution in [0.3, 0.4) is 0 Å². The van der Waals surface area contributed by atoms with Crippen LogP contribution >= 0.6 is 11.6 Å². The van der Waals surface area contributed by atoms with Crippen molar-refractivity contribution in [3.8, 4) is 0 Å².